The minimum absolute atomic E-state index is 0.0157. The van der Waals surface area contributed by atoms with Crippen molar-refractivity contribution in [2.24, 2.45) is 0 Å². The quantitative estimate of drug-likeness (QED) is 0.386. The number of hydrogen-bond acceptors (Lipinski definition) is 7. The van der Waals surface area contributed by atoms with Gasteiger partial charge in [0.15, 0.2) is 0 Å². The summed E-state index contributed by atoms with van der Waals surface area (Å²) in [4.78, 5) is 11.1. The highest BCUT2D eigenvalue weighted by Crippen LogP contribution is 2.80. The van der Waals surface area contributed by atoms with Crippen LogP contribution in [0.15, 0.2) is 0 Å². The van der Waals surface area contributed by atoms with Gasteiger partial charge in [-0.2, -0.15) is 0 Å². The maximum atomic E-state index is 13.0. The normalized spacial score (nSPS) is 27.9. The smallest absolute Gasteiger partial charge is 0.308 e. The van der Waals surface area contributed by atoms with E-state index in [1.807, 2.05) is 0 Å². The lowest BCUT2D eigenvalue weighted by Crippen LogP contribution is -2.29. The van der Waals surface area contributed by atoms with Crippen molar-refractivity contribution in [3.63, 3.8) is 0 Å². The monoisotopic (exact) mass is 390 g/mol. The van der Waals surface area contributed by atoms with Crippen LogP contribution < -0.4 is 0 Å². The Balaban J connectivity index is 3.16. The van der Waals surface area contributed by atoms with E-state index in [1.54, 1.807) is 27.7 Å². The van der Waals surface area contributed by atoms with E-state index in [2.05, 4.69) is 0 Å². The van der Waals surface area contributed by atoms with Gasteiger partial charge in [0.1, 0.15) is 4.87 Å². The number of alkyl halides is 1. The van der Waals surface area contributed by atoms with Crippen molar-refractivity contribution in [3.05, 3.63) is 0 Å². The first-order chi connectivity index (χ1) is 10.6. The molecule has 0 aromatic heterocycles. The number of rotatable bonds is 11. The number of carbonyl (C=O) groups is 1. The van der Waals surface area contributed by atoms with E-state index >= 15 is 0 Å². The molecule has 0 spiro atoms. The van der Waals surface area contributed by atoms with Gasteiger partial charge < -0.3 is 18.1 Å². The molecule has 0 aromatic carbocycles. The lowest BCUT2D eigenvalue weighted by molar-refractivity contribution is -0.114. The van der Waals surface area contributed by atoms with Crippen molar-refractivity contribution in [2.75, 3.05) is 26.4 Å². The molecule has 23 heavy (non-hydrogen) atoms. The Hall–Kier alpha value is 0.260. The molecule has 0 radical (unpaired) electrons. The van der Waals surface area contributed by atoms with Gasteiger partial charge in [-0.15, -0.1) is 11.6 Å². The molecule has 2 unspecified atom stereocenters. The highest BCUT2D eigenvalue weighted by molar-refractivity contribution is 7.73. The molecule has 7 nitrogen and oxygen atoms in total. The molecule has 1 aliphatic rings. The summed E-state index contributed by atoms with van der Waals surface area (Å²) in [5, 5.41) is -1.27. The predicted octanol–water partition coefficient (Wildman–Crippen LogP) is 4.19. The molecule has 1 rings (SSSR count). The Bertz CT molecular complexity index is 520. The fourth-order valence-corrected chi connectivity index (χ4v) is 7.53. The van der Waals surface area contributed by atoms with Crippen LogP contribution in [0.5, 0.6) is 0 Å². The zero-order valence-electron chi connectivity index (χ0n) is 14.2. The Morgan fingerprint density at radius 1 is 0.957 bits per heavy atom. The van der Waals surface area contributed by atoms with Gasteiger partial charge in [0.05, 0.1) is 31.6 Å². The van der Waals surface area contributed by atoms with E-state index < -0.39 is 30.7 Å². The lowest BCUT2D eigenvalue weighted by atomic mass is 10.3. The van der Waals surface area contributed by atoms with Crippen molar-refractivity contribution in [1.29, 1.82) is 0 Å². The van der Waals surface area contributed by atoms with Gasteiger partial charge in [0.2, 0.25) is 0 Å². The molecule has 0 N–H and O–H groups in total. The van der Waals surface area contributed by atoms with E-state index in [0.717, 1.165) is 0 Å². The molecule has 1 aliphatic carbocycles. The molecule has 1 saturated carbocycles. The Morgan fingerprint density at radius 2 is 1.35 bits per heavy atom. The van der Waals surface area contributed by atoms with Gasteiger partial charge in [-0.25, -0.2) is 0 Å². The molecule has 0 aromatic rings. The van der Waals surface area contributed by atoms with Crippen molar-refractivity contribution < 1.29 is 32.0 Å². The van der Waals surface area contributed by atoms with Crippen molar-refractivity contribution in [2.45, 2.75) is 51.1 Å². The molecule has 0 heterocycles. The molecule has 2 atom stereocenters. The standard InChI is InChI=1S/C13H25ClO7P2/c1-6-18-22(16,19-7-2)11(15)13(14)10-12(13,5)23(17,20-8-3)21-9-4/h6-10H2,1-5H3. The van der Waals surface area contributed by atoms with Crippen molar-refractivity contribution >= 4 is 32.3 Å². The van der Waals surface area contributed by atoms with Crippen LogP contribution in [0.25, 0.3) is 0 Å². The van der Waals surface area contributed by atoms with Crippen LogP contribution in [-0.4, -0.2) is 42.0 Å². The number of hydrogen-bond donors (Lipinski definition) is 0. The van der Waals surface area contributed by atoms with E-state index in [0.29, 0.717) is 0 Å². The number of halogens is 1. The highest BCUT2D eigenvalue weighted by Gasteiger charge is 2.80. The lowest BCUT2D eigenvalue weighted by Gasteiger charge is -2.27. The van der Waals surface area contributed by atoms with Gasteiger partial charge in [-0.1, -0.05) is 0 Å². The second-order valence-corrected chi connectivity index (χ2v) is 10.3. The summed E-state index contributed by atoms with van der Waals surface area (Å²) < 4.78 is 46.4. The first kappa shape index (κ1) is 21.3. The van der Waals surface area contributed by atoms with Crippen LogP contribution in [0, 0.1) is 0 Å². The van der Waals surface area contributed by atoms with Crippen LogP contribution in [0.1, 0.15) is 41.0 Å². The fourth-order valence-electron chi connectivity index (χ4n) is 2.42. The minimum atomic E-state index is -4.06. The summed E-state index contributed by atoms with van der Waals surface area (Å²) in [6.45, 7) is 8.40. The minimum Gasteiger partial charge on any atom is -0.308 e. The average molecular weight is 391 g/mol. The molecule has 0 aliphatic heterocycles. The molecule has 1 fully saturated rings. The van der Waals surface area contributed by atoms with Gasteiger partial charge in [0.25, 0.3) is 5.52 Å². The second-order valence-electron chi connectivity index (χ2n) is 5.22. The van der Waals surface area contributed by atoms with Gasteiger partial charge in [-0.05, 0) is 41.0 Å². The Labute approximate surface area is 142 Å². The number of carbonyl (C=O) groups excluding carboxylic acids is 1. The third kappa shape index (κ3) is 3.62. The van der Waals surface area contributed by atoms with Crippen molar-refractivity contribution in [1.82, 2.24) is 0 Å². The zero-order valence-corrected chi connectivity index (χ0v) is 16.7. The molecular formula is C13H25ClO7P2. The predicted molar refractivity (Wildman–Crippen MR) is 88.3 cm³/mol. The Kier molecular flexibility index (Phi) is 7.09. The van der Waals surface area contributed by atoms with Crippen LogP contribution in [0.4, 0.5) is 0 Å². The van der Waals surface area contributed by atoms with E-state index in [9.17, 15) is 13.9 Å². The first-order valence-corrected chi connectivity index (χ1v) is 11.1. The average Bonchev–Trinajstić information content (AvgIpc) is 3.05. The van der Waals surface area contributed by atoms with Crippen LogP contribution in [-0.2, 0) is 32.0 Å². The largest absolute Gasteiger partial charge is 0.398 e. The third-order valence-electron chi connectivity index (χ3n) is 3.70. The fraction of sp³-hybridized carbons (Fsp3) is 0.923. The Morgan fingerprint density at radius 3 is 1.70 bits per heavy atom. The van der Waals surface area contributed by atoms with E-state index in [-0.39, 0.29) is 32.8 Å². The van der Waals surface area contributed by atoms with Gasteiger partial charge in [0, 0.05) is 0 Å². The summed E-state index contributed by atoms with van der Waals surface area (Å²) in [5.41, 5.74) is -0.891. The summed E-state index contributed by atoms with van der Waals surface area (Å²) >= 11 is 6.40. The molecule has 0 saturated heterocycles. The topological polar surface area (TPSA) is 88.1 Å². The molecule has 136 valence electrons. The van der Waals surface area contributed by atoms with Crippen LogP contribution in [0.3, 0.4) is 0 Å². The summed E-state index contributed by atoms with van der Waals surface area (Å²) in [6, 6.07) is 0. The molecule has 0 bridgehead atoms. The molecule has 10 heteroatoms. The van der Waals surface area contributed by atoms with Crippen LogP contribution in [0.2, 0.25) is 0 Å². The molecular weight excluding hydrogens is 366 g/mol. The van der Waals surface area contributed by atoms with Gasteiger partial charge in [-0.3, -0.25) is 13.9 Å². The van der Waals surface area contributed by atoms with Crippen molar-refractivity contribution in [3.8, 4) is 0 Å². The SMILES string of the molecule is CCOP(=O)(OCC)C(=O)C1(Cl)CC1(C)P(=O)(OCC)OCC. The third-order valence-corrected chi connectivity index (χ3v) is 9.71. The first-order valence-electron chi connectivity index (χ1n) is 7.63. The summed E-state index contributed by atoms with van der Waals surface area (Å²) in [5.74, 6) is 0. The highest BCUT2D eigenvalue weighted by atomic mass is 35.5. The van der Waals surface area contributed by atoms with Crippen LogP contribution >= 0.6 is 26.8 Å². The van der Waals surface area contributed by atoms with E-state index in [4.69, 9.17) is 29.7 Å². The summed E-state index contributed by atoms with van der Waals surface area (Å²) in [6.07, 6.45) is 0.0157. The zero-order chi connectivity index (χ0) is 17.9. The second kappa shape index (κ2) is 7.65. The molecule has 0 amide bonds. The maximum absolute atomic E-state index is 13.0. The van der Waals surface area contributed by atoms with E-state index in [1.165, 1.54) is 6.92 Å². The maximum Gasteiger partial charge on any atom is 0.398 e. The summed E-state index contributed by atoms with van der Waals surface area (Å²) in [7, 11) is -7.72. The van der Waals surface area contributed by atoms with Gasteiger partial charge >= 0.3 is 15.2 Å².